The summed E-state index contributed by atoms with van der Waals surface area (Å²) in [6.07, 6.45) is 6.52. The van der Waals surface area contributed by atoms with Crippen LogP contribution in [-0.2, 0) is 6.54 Å². The highest BCUT2D eigenvalue weighted by Gasteiger charge is 2.51. The monoisotopic (exact) mass is 387 g/mol. The first-order valence-electron chi connectivity index (χ1n) is 9.72. The third-order valence-corrected chi connectivity index (χ3v) is 6.51. The lowest BCUT2D eigenvalue weighted by Gasteiger charge is -2.29. The molecule has 27 heavy (non-hydrogen) atoms. The Balaban J connectivity index is 1.57. The minimum absolute atomic E-state index is 0.0860. The van der Waals surface area contributed by atoms with E-state index >= 15 is 0 Å². The van der Waals surface area contributed by atoms with Gasteiger partial charge in [0, 0.05) is 25.6 Å². The molecule has 4 rings (SSSR count). The summed E-state index contributed by atoms with van der Waals surface area (Å²) >= 11 is 6.30. The molecule has 2 aromatic rings. The summed E-state index contributed by atoms with van der Waals surface area (Å²) in [5.74, 6) is 1.25. The highest BCUT2D eigenvalue weighted by atomic mass is 35.5. The Morgan fingerprint density at radius 2 is 2.15 bits per heavy atom. The van der Waals surface area contributed by atoms with E-state index in [1.807, 2.05) is 30.0 Å². The van der Waals surface area contributed by atoms with Crippen LogP contribution in [0.5, 0.6) is 0 Å². The number of aromatic nitrogens is 3. The Morgan fingerprint density at radius 1 is 1.37 bits per heavy atom. The van der Waals surface area contributed by atoms with Crippen molar-refractivity contribution in [2.75, 3.05) is 18.4 Å². The summed E-state index contributed by atoms with van der Waals surface area (Å²) in [6.45, 7) is 6.38. The molecule has 1 atom stereocenters. The lowest BCUT2D eigenvalue weighted by Crippen LogP contribution is -2.34. The minimum atomic E-state index is -0.0860. The summed E-state index contributed by atoms with van der Waals surface area (Å²) in [6, 6.07) is 5.60. The van der Waals surface area contributed by atoms with E-state index in [4.69, 9.17) is 11.6 Å². The molecule has 1 aliphatic carbocycles. The number of halogens is 1. The zero-order chi connectivity index (χ0) is 19.0. The molecule has 1 aromatic heterocycles. The average Bonchev–Trinajstić information content (AvgIpc) is 3.38. The Kier molecular flexibility index (Phi) is 4.84. The predicted octanol–water partition coefficient (Wildman–Crippen LogP) is 4.45. The maximum atomic E-state index is 13.0. The van der Waals surface area contributed by atoms with Crippen molar-refractivity contribution >= 4 is 23.3 Å². The number of likely N-dealkylation sites (tertiary alicyclic amines) is 1. The van der Waals surface area contributed by atoms with Crippen LogP contribution < -0.4 is 5.32 Å². The normalized spacial score (nSPS) is 21.1. The molecule has 1 N–H and O–H groups in total. The number of hydrogen-bond donors (Lipinski definition) is 1. The molecule has 2 amide bonds. The topological polar surface area (TPSA) is 63.1 Å². The van der Waals surface area contributed by atoms with Gasteiger partial charge in [-0.1, -0.05) is 30.5 Å². The van der Waals surface area contributed by atoms with Crippen molar-refractivity contribution in [3.05, 3.63) is 40.9 Å². The van der Waals surface area contributed by atoms with E-state index in [0.29, 0.717) is 17.3 Å². The first-order chi connectivity index (χ1) is 13.0. The lowest BCUT2D eigenvalue weighted by atomic mass is 9.76. The number of nitrogens with one attached hydrogen (secondary N) is 1. The zero-order valence-corrected chi connectivity index (χ0v) is 16.7. The quantitative estimate of drug-likeness (QED) is 0.846. The van der Waals surface area contributed by atoms with Crippen LogP contribution in [0.4, 0.5) is 10.5 Å². The van der Waals surface area contributed by atoms with Crippen molar-refractivity contribution in [3.8, 4) is 0 Å². The standard InChI is InChI=1S/C20H26ClN5O/c1-3-25-13-22-24-18(25)15-11-26(12-20(15)8-4-5-9-20)19(27)23-17-7-6-14(2)10-16(17)21/h6-7,10,13,15H,3-5,8-9,11-12H2,1-2H3,(H,23,27). The van der Waals surface area contributed by atoms with Crippen LogP contribution in [0, 0.1) is 12.3 Å². The van der Waals surface area contributed by atoms with E-state index in [0.717, 1.165) is 37.3 Å². The molecule has 2 fully saturated rings. The molecule has 1 spiro atoms. The summed E-state index contributed by atoms with van der Waals surface area (Å²) in [5.41, 5.74) is 1.85. The number of rotatable bonds is 3. The van der Waals surface area contributed by atoms with Gasteiger partial charge < -0.3 is 14.8 Å². The van der Waals surface area contributed by atoms with Crippen LogP contribution in [-0.4, -0.2) is 38.8 Å². The summed E-state index contributed by atoms with van der Waals surface area (Å²) < 4.78 is 2.11. The van der Waals surface area contributed by atoms with E-state index in [2.05, 4.69) is 27.0 Å². The molecule has 1 saturated heterocycles. The smallest absolute Gasteiger partial charge is 0.321 e. The number of anilines is 1. The molecule has 1 saturated carbocycles. The number of benzene rings is 1. The molecule has 2 aliphatic rings. The highest BCUT2D eigenvalue weighted by molar-refractivity contribution is 6.33. The number of aryl methyl sites for hydroxylation is 2. The maximum absolute atomic E-state index is 13.0. The van der Waals surface area contributed by atoms with Crippen molar-refractivity contribution in [2.45, 2.75) is 52.0 Å². The van der Waals surface area contributed by atoms with E-state index in [-0.39, 0.29) is 17.4 Å². The van der Waals surface area contributed by atoms with E-state index in [1.165, 1.54) is 12.8 Å². The molecule has 1 aromatic carbocycles. The van der Waals surface area contributed by atoms with Gasteiger partial charge in [0.1, 0.15) is 12.2 Å². The van der Waals surface area contributed by atoms with Crippen molar-refractivity contribution in [3.63, 3.8) is 0 Å². The second-order valence-corrected chi connectivity index (χ2v) is 8.30. The fourth-order valence-corrected chi connectivity index (χ4v) is 5.04. The summed E-state index contributed by atoms with van der Waals surface area (Å²) in [4.78, 5) is 14.9. The van der Waals surface area contributed by atoms with E-state index < -0.39 is 0 Å². The number of urea groups is 1. The molecule has 7 heteroatoms. The maximum Gasteiger partial charge on any atom is 0.321 e. The van der Waals surface area contributed by atoms with Crippen molar-refractivity contribution in [2.24, 2.45) is 5.41 Å². The third kappa shape index (κ3) is 3.31. The number of carbonyl (C=O) groups is 1. The van der Waals surface area contributed by atoms with Crippen LogP contribution in [0.1, 0.15) is 49.9 Å². The first kappa shape index (κ1) is 18.3. The minimum Gasteiger partial charge on any atom is -0.323 e. The Labute approximate surface area is 164 Å². The predicted molar refractivity (Wildman–Crippen MR) is 106 cm³/mol. The van der Waals surface area contributed by atoms with Crippen LogP contribution in [0.25, 0.3) is 0 Å². The third-order valence-electron chi connectivity index (χ3n) is 6.20. The van der Waals surface area contributed by atoms with Crippen molar-refractivity contribution < 1.29 is 4.79 Å². The second-order valence-electron chi connectivity index (χ2n) is 7.89. The van der Waals surface area contributed by atoms with Crippen LogP contribution >= 0.6 is 11.6 Å². The molecule has 144 valence electrons. The summed E-state index contributed by atoms with van der Waals surface area (Å²) in [7, 11) is 0. The molecule has 1 aliphatic heterocycles. The van der Waals surface area contributed by atoms with Gasteiger partial charge in [-0.3, -0.25) is 0 Å². The molecule has 6 nitrogen and oxygen atoms in total. The van der Waals surface area contributed by atoms with Gasteiger partial charge in [-0.25, -0.2) is 4.79 Å². The Bertz CT molecular complexity index is 843. The largest absolute Gasteiger partial charge is 0.323 e. The highest BCUT2D eigenvalue weighted by Crippen LogP contribution is 2.53. The van der Waals surface area contributed by atoms with Gasteiger partial charge in [0.25, 0.3) is 0 Å². The van der Waals surface area contributed by atoms with Crippen LogP contribution in [0.3, 0.4) is 0 Å². The number of nitrogens with zero attached hydrogens (tertiary/aromatic N) is 4. The van der Waals surface area contributed by atoms with Gasteiger partial charge in [-0.2, -0.15) is 0 Å². The molecule has 0 radical (unpaired) electrons. The molecule has 2 heterocycles. The van der Waals surface area contributed by atoms with Gasteiger partial charge in [0.05, 0.1) is 10.7 Å². The first-order valence-corrected chi connectivity index (χ1v) is 10.1. The van der Waals surface area contributed by atoms with E-state index in [1.54, 1.807) is 6.33 Å². The van der Waals surface area contributed by atoms with Gasteiger partial charge in [-0.05, 0) is 49.8 Å². The zero-order valence-electron chi connectivity index (χ0n) is 15.9. The van der Waals surface area contributed by atoms with Crippen LogP contribution in [0.15, 0.2) is 24.5 Å². The van der Waals surface area contributed by atoms with Gasteiger partial charge in [0.15, 0.2) is 0 Å². The fraction of sp³-hybridized carbons (Fsp3) is 0.550. The van der Waals surface area contributed by atoms with Gasteiger partial charge in [0.2, 0.25) is 0 Å². The SMILES string of the molecule is CCn1cnnc1C1CN(C(=O)Nc2ccc(C)cc2Cl)CC12CCCC2. The van der Waals surface area contributed by atoms with Gasteiger partial charge >= 0.3 is 6.03 Å². The average molecular weight is 388 g/mol. The fourth-order valence-electron chi connectivity index (χ4n) is 4.76. The molecule has 0 bridgehead atoms. The number of hydrogen-bond acceptors (Lipinski definition) is 3. The molecule has 1 unspecified atom stereocenters. The van der Waals surface area contributed by atoms with Crippen molar-refractivity contribution in [1.82, 2.24) is 19.7 Å². The lowest BCUT2D eigenvalue weighted by molar-refractivity contribution is 0.212. The molecular formula is C20H26ClN5O. The van der Waals surface area contributed by atoms with Gasteiger partial charge in [-0.15, -0.1) is 10.2 Å². The van der Waals surface area contributed by atoms with Crippen LogP contribution in [0.2, 0.25) is 5.02 Å². The number of amides is 2. The Morgan fingerprint density at radius 3 is 2.85 bits per heavy atom. The Hall–Kier alpha value is -2.08. The molecular weight excluding hydrogens is 362 g/mol. The van der Waals surface area contributed by atoms with E-state index in [9.17, 15) is 4.79 Å². The second kappa shape index (κ2) is 7.15. The number of carbonyl (C=O) groups excluding carboxylic acids is 1. The summed E-state index contributed by atoms with van der Waals surface area (Å²) in [5, 5.41) is 12.1. The van der Waals surface area contributed by atoms with Crippen molar-refractivity contribution in [1.29, 1.82) is 0 Å².